The number of halogens is 1. The van der Waals surface area contributed by atoms with Crippen LogP contribution in [0.4, 0.5) is 5.69 Å². The normalized spacial score (nSPS) is 22.0. The van der Waals surface area contributed by atoms with Gasteiger partial charge in [-0.05, 0) is 18.6 Å². The van der Waals surface area contributed by atoms with E-state index in [2.05, 4.69) is 20.0 Å². The molecule has 1 atom stereocenters. The number of piperazine rings is 1. The summed E-state index contributed by atoms with van der Waals surface area (Å²) in [5, 5.41) is 4.39. The maximum Gasteiger partial charge on any atom is 0.295 e. The van der Waals surface area contributed by atoms with Crippen molar-refractivity contribution >= 4 is 38.2 Å². The van der Waals surface area contributed by atoms with Gasteiger partial charge in [-0.25, -0.2) is 13.4 Å². The standard InChI is InChI=1S/C19H21ClN6O3S/c20-17-16(25-8-6-24(7-9-25)13-5-10-30(28,29)12-13)11-21-26(18(17)27)19-22-14-3-1-2-4-15(14)23-19/h1-4,11,13H,5-10,12H2,(H,22,23)/t13-/m1/s1. The Balaban J connectivity index is 1.35. The zero-order valence-corrected chi connectivity index (χ0v) is 17.7. The fourth-order valence-electron chi connectivity index (χ4n) is 4.23. The molecule has 30 heavy (non-hydrogen) atoms. The minimum Gasteiger partial charge on any atom is -0.366 e. The molecule has 1 N–H and O–H groups in total. The lowest BCUT2D eigenvalue weighted by molar-refractivity contribution is 0.200. The number of para-hydroxylation sites is 2. The molecule has 158 valence electrons. The summed E-state index contributed by atoms with van der Waals surface area (Å²) in [6, 6.07) is 7.58. The number of aromatic amines is 1. The van der Waals surface area contributed by atoms with E-state index in [1.807, 2.05) is 29.2 Å². The van der Waals surface area contributed by atoms with Gasteiger partial charge in [-0.3, -0.25) is 9.69 Å². The number of hydrogen-bond acceptors (Lipinski definition) is 7. The molecule has 3 aromatic rings. The van der Waals surface area contributed by atoms with Gasteiger partial charge in [0.2, 0.25) is 5.95 Å². The van der Waals surface area contributed by atoms with Crippen LogP contribution in [0.15, 0.2) is 35.3 Å². The quantitative estimate of drug-likeness (QED) is 0.639. The van der Waals surface area contributed by atoms with Gasteiger partial charge in [0.05, 0.1) is 34.4 Å². The third-order valence-corrected chi connectivity index (χ3v) is 7.96. The monoisotopic (exact) mass is 448 g/mol. The van der Waals surface area contributed by atoms with Gasteiger partial charge in [-0.2, -0.15) is 9.78 Å². The van der Waals surface area contributed by atoms with Gasteiger partial charge < -0.3 is 9.88 Å². The maximum absolute atomic E-state index is 12.9. The molecule has 0 amide bonds. The highest BCUT2D eigenvalue weighted by Crippen LogP contribution is 2.25. The van der Waals surface area contributed by atoms with E-state index in [0.717, 1.165) is 24.1 Å². The molecule has 1 aromatic carbocycles. The van der Waals surface area contributed by atoms with Gasteiger partial charge in [0, 0.05) is 32.2 Å². The van der Waals surface area contributed by atoms with Crippen molar-refractivity contribution in [1.82, 2.24) is 24.6 Å². The number of benzene rings is 1. The van der Waals surface area contributed by atoms with Crippen molar-refractivity contribution in [2.24, 2.45) is 0 Å². The molecule has 0 spiro atoms. The average Bonchev–Trinajstić information content (AvgIpc) is 3.33. The van der Waals surface area contributed by atoms with Crippen LogP contribution in [0, 0.1) is 0 Å². The number of hydrogen-bond donors (Lipinski definition) is 1. The molecule has 0 saturated carbocycles. The topological polar surface area (TPSA) is 104 Å². The summed E-state index contributed by atoms with van der Waals surface area (Å²) < 4.78 is 24.7. The van der Waals surface area contributed by atoms with Crippen molar-refractivity contribution < 1.29 is 8.42 Å². The van der Waals surface area contributed by atoms with Crippen molar-refractivity contribution in [2.45, 2.75) is 12.5 Å². The number of rotatable bonds is 3. The van der Waals surface area contributed by atoms with Crippen LogP contribution in [-0.4, -0.2) is 76.8 Å². The predicted octanol–water partition coefficient (Wildman–Crippen LogP) is 1.07. The van der Waals surface area contributed by atoms with E-state index in [1.165, 1.54) is 4.68 Å². The van der Waals surface area contributed by atoms with Crippen molar-refractivity contribution in [1.29, 1.82) is 0 Å². The Morgan fingerprint density at radius 1 is 1.13 bits per heavy atom. The van der Waals surface area contributed by atoms with Gasteiger partial charge in [-0.1, -0.05) is 23.7 Å². The molecule has 2 aromatic heterocycles. The van der Waals surface area contributed by atoms with Gasteiger partial charge in [0.25, 0.3) is 5.56 Å². The average molecular weight is 449 g/mol. The second kappa shape index (κ2) is 7.36. The Kier molecular flexibility index (Phi) is 4.79. The minimum atomic E-state index is -2.90. The predicted molar refractivity (Wildman–Crippen MR) is 115 cm³/mol. The molecular formula is C19H21ClN6O3S. The largest absolute Gasteiger partial charge is 0.366 e. The number of nitrogens with zero attached hydrogens (tertiary/aromatic N) is 5. The summed E-state index contributed by atoms with van der Waals surface area (Å²) in [7, 11) is -2.90. The first kappa shape index (κ1) is 19.5. The lowest BCUT2D eigenvalue weighted by Gasteiger charge is -2.38. The Hall–Kier alpha value is -2.43. The fraction of sp³-hybridized carbons (Fsp3) is 0.421. The molecule has 0 aliphatic carbocycles. The third-order valence-electron chi connectivity index (χ3n) is 5.86. The number of sulfone groups is 1. The first-order valence-electron chi connectivity index (χ1n) is 9.84. The van der Waals surface area contributed by atoms with Crippen LogP contribution in [-0.2, 0) is 9.84 Å². The van der Waals surface area contributed by atoms with E-state index in [1.54, 1.807) is 6.20 Å². The third kappa shape index (κ3) is 3.48. The number of fused-ring (bicyclic) bond motifs is 1. The fourth-order valence-corrected chi connectivity index (χ4v) is 6.24. The lowest BCUT2D eigenvalue weighted by atomic mass is 10.2. The summed E-state index contributed by atoms with van der Waals surface area (Å²) in [5.74, 6) is 0.832. The number of aromatic nitrogens is 4. The molecular weight excluding hydrogens is 428 g/mol. The molecule has 0 radical (unpaired) electrons. The minimum absolute atomic E-state index is 0.0897. The van der Waals surface area contributed by atoms with Crippen molar-refractivity contribution in [2.75, 3.05) is 42.6 Å². The molecule has 11 heteroatoms. The number of imidazole rings is 1. The van der Waals surface area contributed by atoms with E-state index in [9.17, 15) is 13.2 Å². The van der Waals surface area contributed by atoms with Gasteiger partial charge in [0.1, 0.15) is 5.02 Å². The maximum atomic E-state index is 12.9. The first-order valence-corrected chi connectivity index (χ1v) is 12.0. The van der Waals surface area contributed by atoms with Crippen LogP contribution >= 0.6 is 11.6 Å². The summed E-state index contributed by atoms with van der Waals surface area (Å²) >= 11 is 6.43. The lowest BCUT2D eigenvalue weighted by Crippen LogP contribution is -2.51. The van der Waals surface area contributed by atoms with Gasteiger partial charge in [-0.15, -0.1) is 0 Å². The van der Waals surface area contributed by atoms with Crippen LogP contribution in [0.25, 0.3) is 17.0 Å². The Bertz CT molecular complexity index is 1230. The Morgan fingerprint density at radius 2 is 1.90 bits per heavy atom. The van der Waals surface area contributed by atoms with Crippen molar-refractivity contribution in [3.05, 3.63) is 45.8 Å². The number of anilines is 1. The summed E-state index contributed by atoms with van der Waals surface area (Å²) in [5.41, 5.74) is 1.71. The van der Waals surface area contributed by atoms with Crippen molar-refractivity contribution in [3.63, 3.8) is 0 Å². The second-order valence-electron chi connectivity index (χ2n) is 7.72. The van der Waals surface area contributed by atoms with E-state index in [-0.39, 0.29) is 22.6 Å². The van der Waals surface area contributed by atoms with Gasteiger partial charge >= 0.3 is 0 Å². The van der Waals surface area contributed by atoms with Crippen LogP contribution in [0.2, 0.25) is 5.02 Å². The summed E-state index contributed by atoms with van der Waals surface area (Å²) in [6.07, 6.45) is 2.28. The molecule has 2 aliphatic rings. The number of nitrogens with one attached hydrogen (secondary N) is 1. The number of H-pyrrole nitrogens is 1. The van der Waals surface area contributed by atoms with E-state index in [0.29, 0.717) is 31.1 Å². The van der Waals surface area contributed by atoms with Gasteiger partial charge in [0.15, 0.2) is 9.84 Å². The molecule has 5 rings (SSSR count). The summed E-state index contributed by atoms with van der Waals surface area (Å²) in [4.78, 5) is 24.6. The van der Waals surface area contributed by atoms with E-state index >= 15 is 0 Å². The molecule has 0 bridgehead atoms. The van der Waals surface area contributed by atoms with E-state index in [4.69, 9.17) is 11.6 Å². The molecule has 2 aliphatic heterocycles. The molecule has 4 heterocycles. The first-order chi connectivity index (χ1) is 14.4. The zero-order valence-electron chi connectivity index (χ0n) is 16.2. The Labute approximate surface area is 178 Å². The SMILES string of the molecule is O=c1c(Cl)c(N2CCN([C@@H]3CCS(=O)(=O)C3)CC2)cnn1-c1nc2ccccc2[nH]1. The molecule has 2 fully saturated rings. The van der Waals surface area contributed by atoms with Crippen LogP contribution in [0.3, 0.4) is 0 Å². The van der Waals surface area contributed by atoms with Crippen molar-refractivity contribution in [3.8, 4) is 5.95 Å². The zero-order chi connectivity index (χ0) is 20.9. The molecule has 9 nitrogen and oxygen atoms in total. The smallest absolute Gasteiger partial charge is 0.295 e. The van der Waals surface area contributed by atoms with Crippen LogP contribution in [0.5, 0.6) is 0 Å². The highest BCUT2D eigenvalue weighted by molar-refractivity contribution is 7.91. The van der Waals surface area contributed by atoms with E-state index < -0.39 is 15.4 Å². The second-order valence-corrected chi connectivity index (χ2v) is 10.3. The Morgan fingerprint density at radius 3 is 2.60 bits per heavy atom. The summed E-state index contributed by atoms with van der Waals surface area (Å²) in [6.45, 7) is 2.77. The highest BCUT2D eigenvalue weighted by Gasteiger charge is 2.34. The van der Waals surface area contributed by atoms with Crippen LogP contribution in [0.1, 0.15) is 6.42 Å². The molecule has 2 saturated heterocycles. The highest BCUT2D eigenvalue weighted by atomic mass is 35.5. The van der Waals surface area contributed by atoms with Crippen LogP contribution < -0.4 is 10.5 Å². The molecule has 0 unspecified atom stereocenters.